The van der Waals surface area contributed by atoms with Crippen LogP contribution in [0.4, 0.5) is 21.7 Å². The van der Waals surface area contributed by atoms with Gasteiger partial charge in [-0.25, -0.2) is 14.4 Å². The molecule has 0 radical (unpaired) electrons. The van der Waals surface area contributed by atoms with E-state index in [1.165, 1.54) is 12.4 Å². The zero-order valence-electron chi connectivity index (χ0n) is 11.4. The third-order valence-corrected chi connectivity index (χ3v) is 3.36. The molecule has 0 aliphatic rings. The zero-order valence-corrected chi connectivity index (χ0v) is 13.0. The molecule has 0 amide bonds. The lowest BCUT2D eigenvalue weighted by Crippen LogP contribution is -2.06. The summed E-state index contributed by atoms with van der Waals surface area (Å²) >= 11 is 3.34. The van der Waals surface area contributed by atoms with Gasteiger partial charge in [0, 0.05) is 17.1 Å². The van der Waals surface area contributed by atoms with Crippen LogP contribution in [0.3, 0.4) is 0 Å². The Bertz CT molecular complexity index is 604. The SMILES string of the molecule is CCCc1c(NC)ncnc1Nc1cc(Br)ccc1F. The molecule has 0 unspecified atom stereocenters. The summed E-state index contributed by atoms with van der Waals surface area (Å²) in [6.07, 6.45) is 3.23. The maximum absolute atomic E-state index is 13.8. The predicted molar refractivity (Wildman–Crippen MR) is 83.0 cm³/mol. The van der Waals surface area contributed by atoms with Gasteiger partial charge in [0.15, 0.2) is 0 Å². The van der Waals surface area contributed by atoms with Gasteiger partial charge in [-0.15, -0.1) is 0 Å². The number of benzene rings is 1. The van der Waals surface area contributed by atoms with Crippen molar-refractivity contribution in [2.75, 3.05) is 17.7 Å². The summed E-state index contributed by atoms with van der Waals surface area (Å²) in [6, 6.07) is 4.75. The van der Waals surface area contributed by atoms with Crippen LogP contribution in [0.5, 0.6) is 0 Å². The van der Waals surface area contributed by atoms with Crippen LogP contribution in [0.15, 0.2) is 29.0 Å². The van der Waals surface area contributed by atoms with Gasteiger partial charge in [-0.05, 0) is 24.6 Å². The van der Waals surface area contributed by atoms with E-state index in [9.17, 15) is 4.39 Å². The number of rotatable bonds is 5. The molecule has 2 rings (SSSR count). The molecule has 106 valence electrons. The number of hydrogen-bond acceptors (Lipinski definition) is 4. The summed E-state index contributed by atoms with van der Waals surface area (Å²) in [4.78, 5) is 8.42. The third kappa shape index (κ3) is 3.25. The van der Waals surface area contributed by atoms with Crippen LogP contribution in [-0.4, -0.2) is 17.0 Å². The number of anilines is 3. The summed E-state index contributed by atoms with van der Waals surface area (Å²) in [5, 5.41) is 6.08. The molecule has 0 aliphatic heterocycles. The Balaban J connectivity index is 2.39. The van der Waals surface area contributed by atoms with Gasteiger partial charge in [-0.1, -0.05) is 29.3 Å². The minimum Gasteiger partial charge on any atom is -0.373 e. The Hall–Kier alpha value is -1.69. The number of nitrogens with zero attached hydrogens (tertiary/aromatic N) is 2. The van der Waals surface area contributed by atoms with Crippen molar-refractivity contribution in [2.45, 2.75) is 19.8 Å². The van der Waals surface area contributed by atoms with E-state index in [4.69, 9.17) is 0 Å². The largest absolute Gasteiger partial charge is 0.373 e. The van der Waals surface area contributed by atoms with E-state index in [0.717, 1.165) is 28.7 Å². The molecule has 0 saturated heterocycles. The van der Waals surface area contributed by atoms with Crippen molar-refractivity contribution in [3.63, 3.8) is 0 Å². The summed E-state index contributed by atoms with van der Waals surface area (Å²) in [5.41, 5.74) is 1.34. The van der Waals surface area contributed by atoms with Crippen molar-refractivity contribution < 1.29 is 4.39 Å². The van der Waals surface area contributed by atoms with Crippen LogP contribution >= 0.6 is 15.9 Å². The molecule has 0 fully saturated rings. The van der Waals surface area contributed by atoms with Crippen molar-refractivity contribution >= 4 is 33.3 Å². The van der Waals surface area contributed by atoms with Crippen molar-refractivity contribution in [1.82, 2.24) is 9.97 Å². The molecule has 0 bridgehead atoms. The molecule has 4 nitrogen and oxygen atoms in total. The first-order valence-corrected chi connectivity index (χ1v) is 7.18. The maximum Gasteiger partial charge on any atom is 0.146 e. The Kier molecular flexibility index (Phi) is 4.89. The highest BCUT2D eigenvalue weighted by molar-refractivity contribution is 9.10. The van der Waals surface area contributed by atoms with Gasteiger partial charge in [0.25, 0.3) is 0 Å². The molecular weight excluding hydrogens is 323 g/mol. The molecule has 20 heavy (non-hydrogen) atoms. The monoisotopic (exact) mass is 338 g/mol. The molecule has 1 aromatic heterocycles. The molecule has 6 heteroatoms. The molecule has 0 aliphatic carbocycles. The molecular formula is C14H16BrFN4. The van der Waals surface area contributed by atoms with Crippen LogP contribution < -0.4 is 10.6 Å². The highest BCUT2D eigenvalue weighted by atomic mass is 79.9. The Morgan fingerprint density at radius 1 is 1.25 bits per heavy atom. The summed E-state index contributed by atoms with van der Waals surface area (Å²) in [5.74, 6) is 1.07. The highest BCUT2D eigenvalue weighted by Gasteiger charge is 2.12. The second kappa shape index (κ2) is 6.65. The fraction of sp³-hybridized carbons (Fsp3) is 0.286. The molecule has 1 heterocycles. The van der Waals surface area contributed by atoms with Crippen molar-refractivity contribution in [3.05, 3.63) is 40.4 Å². The van der Waals surface area contributed by atoms with E-state index in [0.29, 0.717) is 11.5 Å². The molecule has 0 saturated carbocycles. The van der Waals surface area contributed by atoms with E-state index in [1.54, 1.807) is 12.1 Å². The van der Waals surface area contributed by atoms with Gasteiger partial charge in [-0.3, -0.25) is 0 Å². The van der Waals surface area contributed by atoms with Gasteiger partial charge in [0.1, 0.15) is 23.8 Å². The van der Waals surface area contributed by atoms with Gasteiger partial charge in [-0.2, -0.15) is 0 Å². The Morgan fingerprint density at radius 3 is 2.70 bits per heavy atom. The lowest BCUT2D eigenvalue weighted by atomic mass is 10.1. The lowest BCUT2D eigenvalue weighted by molar-refractivity contribution is 0.631. The number of aromatic nitrogens is 2. The summed E-state index contributed by atoms with van der Waals surface area (Å²) in [7, 11) is 1.81. The minimum atomic E-state index is -0.319. The maximum atomic E-state index is 13.8. The average Bonchev–Trinajstić information content (AvgIpc) is 2.45. The first kappa shape index (κ1) is 14.7. The molecule has 2 aromatic rings. The molecule has 0 atom stereocenters. The van der Waals surface area contributed by atoms with E-state index >= 15 is 0 Å². The second-order valence-electron chi connectivity index (χ2n) is 4.30. The van der Waals surface area contributed by atoms with Gasteiger partial charge in [0.2, 0.25) is 0 Å². The topological polar surface area (TPSA) is 49.8 Å². The zero-order chi connectivity index (χ0) is 14.5. The van der Waals surface area contributed by atoms with Gasteiger partial charge < -0.3 is 10.6 Å². The Labute approximate surface area is 126 Å². The third-order valence-electron chi connectivity index (χ3n) is 2.86. The first-order valence-electron chi connectivity index (χ1n) is 6.39. The fourth-order valence-electron chi connectivity index (χ4n) is 1.94. The van der Waals surface area contributed by atoms with E-state index < -0.39 is 0 Å². The average molecular weight is 339 g/mol. The van der Waals surface area contributed by atoms with Crippen LogP contribution in [0, 0.1) is 5.82 Å². The quantitative estimate of drug-likeness (QED) is 0.861. The molecule has 1 aromatic carbocycles. The predicted octanol–water partition coefficient (Wildman–Crippen LogP) is 4.12. The summed E-state index contributed by atoms with van der Waals surface area (Å²) < 4.78 is 14.6. The van der Waals surface area contributed by atoms with Gasteiger partial charge in [0.05, 0.1) is 5.69 Å². The number of halogens is 2. The van der Waals surface area contributed by atoms with E-state index in [2.05, 4.69) is 43.5 Å². The molecule has 0 spiro atoms. The first-order chi connectivity index (χ1) is 9.65. The van der Waals surface area contributed by atoms with Crippen LogP contribution in [-0.2, 0) is 6.42 Å². The number of hydrogen-bond donors (Lipinski definition) is 2. The molecule has 2 N–H and O–H groups in total. The van der Waals surface area contributed by atoms with Crippen LogP contribution in [0.25, 0.3) is 0 Å². The number of nitrogens with one attached hydrogen (secondary N) is 2. The fourth-order valence-corrected chi connectivity index (χ4v) is 2.30. The smallest absolute Gasteiger partial charge is 0.146 e. The minimum absolute atomic E-state index is 0.319. The summed E-state index contributed by atoms with van der Waals surface area (Å²) in [6.45, 7) is 2.08. The van der Waals surface area contributed by atoms with Crippen molar-refractivity contribution in [2.24, 2.45) is 0 Å². The van der Waals surface area contributed by atoms with Crippen LogP contribution in [0.1, 0.15) is 18.9 Å². The lowest BCUT2D eigenvalue weighted by Gasteiger charge is -2.14. The standard InChI is InChI=1S/C14H16BrFN4/c1-3-4-10-13(17-2)18-8-19-14(10)20-12-7-9(15)5-6-11(12)16/h5-8H,3-4H2,1-2H3,(H2,17,18,19,20). The van der Waals surface area contributed by atoms with Crippen LogP contribution in [0.2, 0.25) is 0 Å². The second-order valence-corrected chi connectivity index (χ2v) is 5.21. The van der Waals surface area contributed by atoms with E-state index in [-0.39, 0.29) is 5.82 Å². The van der Waals surface area contributed by atoms with E-state index in [1.807, 2.05) is 7.05 Å². The highest BCUT2D eigenvalue weighted by Crippen LogP contribution is 2.27. The van der Waals surface area contributed by atoms with Crippen molar-refractivity contribution in [1.29, 1.82) is 0 Å². The van der Waals surface area contributed by atoms with Crippen molar-refractivity contribution in [3.8, 4) is 0 Å². The Morgan fingerprint density at radius 2 is 2.00 bits per heavy atom. The van der Waals surface area contributed by atoms with Gasteiger partial charge >= 0.3 is 0 Å². The normalized spacial score (nSPS) is 10.4.